The largest absolute Gasteiger partial charge is 0.495 e. The maximum atomic E-state index is 11.0. The molecular formula is C24H27N9O3. The number of pyridine rings is 1. The summed E-state index contributed by atoms with van der Waals surface area (Å²) in [6, 6.07) is 9.46. The minimum atomic E-state index is -1.19. The number of aryl methyl sites for hydroxylation is 2. The van der Waals surface area contributed by atoms with E-state index >= 15 is 0 Å². The maximum absolute atomic E-state index is 11.0. The monoisotopic (exact) mass is 489 g/mol. The second-order valence-corrected chi connectivity index (χ2v) is 8.61. The minimum absolute atomic E-state index is 0.175. The average molecular weight is 490 g/mol. The number of hydrogen-bond acceptors (Lipinski definition) is 9. The van der Waals surface area contributed by atoms with Crippen LogP contribution in [0.25, 0.3) is 33.5 Å². The zero-order chi connectivity index (χ0) is 25.4. The van der Waals surface area contributed by atoms with Crippen molar-refractivity contribution < 1.29 is 14.6 Å². The Morgan fingerprint density at radius 1 is 1.06 bits per heavy atom. The van der Waals surface area contributed by atoms with Gasteiger partial charge in [0.1, 0.15) is 11.6 Å². The number of anilines is 2. The summed E-state index contributed by atoms with van der Waals surface area (Å²) in [6.45, 7) is 3.75. The van der Waals surface area contributed by atoms with Crippen molar-refractivity contribution in [3.8, 4) is 28.4 Å². The molecule has 4 heterocycles. The van der Waals surface area contributed by atoms with Crippen LogP contribution in [0.1, 0.15) is 20.3 Å². The highest BCUT2D eigenvalue weighted by Crippen LogP contribution is 2.35. The number of tetrazole rings is 1. The number of fused-ring (bicyclic) bond motifs is 1. The molecule has 1 atom stereocenters. The van der Waals surface area contributed by atoms with E-state index in [9.17, 15) is 5.11 Å². The van der Waals surface area contributed by atoms with Crippen molar-refractivity contribution in [3.05, 3.63) is 48.9 Å². The first-order chi connectivity index (χ1) is 17.3. The zero-order valence-corrected chi connectivity index (χ0v) is 20.6. The van der Waals surface area contributed by atoms with Crippen molar-refractivity contribution in [2.45, 2.75) is 26.4 Å². The van der Waals surface area contributed by atoms with E-state index < -0.39 is 6.41 Å². The van der Waals surface area contributed by atoms with Gasteiger partial charge >= 0.3 is 0 Å². The summed E-state index contributed by atoms with van der Waals surface area (Å²) < 4.78 is 16.4. The summed E-state index contributed by atoms with van der Waals surface area (Å²) in [6.07, 6.45) is 4.02. The molecule has 36 heavy (non-hydrogen) atoms. The van der Waals surface area contributed by atoms with Gasteiger partial charge in [-0.1, -0.05) is 0 Å². The Kier molecular flexibility index (Phi) is 6.12. The summed E-state index contributed by atoms with van der Waals surface area (Å²) in [5, 5.41) is 31.0. The molecule has 1 aromatic carbocycles. The Morgan fingerprint density at radius 2 is 1.89 bits per heavy atom. The lowest BCUT2D eigenvalue weighted by atomic mass is 10.1. The predicted octanol–water partition coefficient (Wildman–Crippen LogP) is 3.25. The molecule has 186 valence electrons. The highest BCUT2D eigenvalue weighted by atomic mass is 16.6. The molecule has 5 aromatic rings. The van der Waals surface area contributed by atoms with E-state index in [1.807, 2.05) is 57.4 Å². The van der Waals surface area contributed by atoms with E-state index in [4.69, 9.17) is 9.47 Å². The van der Waals surface area contributed by atoms with Crippen molar-refractivity contribution in [3.63, 3.8) is 0 Å². The second-order valence-electron chi connectivity index (χ2n) is 8.61. The Labute approximate surface area is 207 Å². The molecule has 0 radical (unpaired) electrons. The average Bonchev–Trinajstić information content (AvgIpc) is 3.56. The number of aliphatic hydroxyl groups excluding tert-OH is 1. The molecule has 0 fully saturated rings. The number of benzene rings is 1. The molecule has 1 unspecified atom stereocenters. The maximum Gasteiger partial charge on any atom is 0.242 e. The Bertz CT molecular complexity index is 1520. The van der Waals surface area contributed by atoms with Crippen LogP contribution in [0.2, 0.25) is 0 Å². The SMILES string of the molecule is COc1cc(-c2nnnn2C)ccc1Nc1cc2c(cn1)cc(-c1cnn(C)c1)n2C(O)OC(C)C. The topological polar surface area (TPSA) is 130 Å². The number of nitrogens with one attached hydrogen (secondary N) is 1. The van der Waals surface area contributed by atoms with E-state index in [1.54, 1.807) is 40.5 Å². The fourth-order valence-electron chi connectivity index (χ4n) is 4.05. The van der Waals surface area contributed by atoms with Gasteiger partial charge in [-0.05, 0) is 48.5 Å². The first-order valence-electron chi connectivity index (χ1n) is 11.4. The molecule has 2 N–H and O–H groups in total. The summed E-state index contributed by atoms with van der Waals surface area (Å²) in [7, 11) is 5.22. The molecule has 0 saturated heterocycles. The third-order valence-corrected chi connectivity index (χ3v) is 5.68. The van der Waals surface area contributed by atoms with Crippen LogP contribution >= 0.6 is 0 Å². The first kappa shape index (κ1) is 23.5. The second kappa shape index (κ2) is 9.40. The zero-order valence-electron chi connectivity index (χ0n) is 20.6. The van der Waals surface area contributed by atoms with E-state index in [0.29, 0.717) is 23.1 Å². The van der Waals surface area contributed by atoms with Gasteiger partial charge in [0.15, 0.2) is 5.82 Å². The van der Waals surface area contributed by atoms with Crippen LogP contribution in [0, 0.1) is 0 Å². The molecule has 0 bridgehead atoms. The number of methoxy groups -OCH3 is 1. The number of nitrogens with zero attached hydrogens (tertiary/aromatic N) is 8. The van der Waals surface area contributed by atoms with Crippen molar-refractivity contribution in [1.29, 1.82) is 0 Å². The van der Waals surface area contributed by atoms with Crippen LogP contribution < -0.4 is 10.1 Å². The number of hydrogen-bond donors (Lipinski definition) is 2. The van der Waals surface area contributed by atoms with Gasteiger partial charge in [0.25, 0.3) is 0 Å². The fourth-order valence-corrected chi connectivity index (χ4v) is 4.05. The number of aliphatic hydroxyl groups is 1. The van der Waals surface area contributed by atoms with E-state index in [1.165, 1.54) is 0 Å². The van der Waals surface area contributed by atoms with Crippen LogP contribution in [-0.4, -0.2) is 57.9 Å². The molecule has 0 aliphatic heterocycles. The van der Waals surface area contributed by atoms with Gasteiger partial charge in [-0.3, -0.25) is 9.25 Å². The van der Waals surface area contributed by atoms with Gasteiger partial charge in [0.05, 0.1) is 36.3 Å². The van der Waals surface area contributed by atoms with Crippen molar-refractivity contribution in [2.75, 3.05) is 12.4 Å². The molecule has 4 aromatic heterocycles. The summed E-state index contributed by atoms with van der Waals surface area (Å²) in [4.78, 5) is 4.58. The fraction of sp³-hybridized carbons (Fsp3) is 0.292. The molecule has 0 saturated carbocycles. The Hall–Kier alpha value is -4.29. The lowest BCUT2D eigenvalue weighted by molar-refractivity contribution is -0.171. The van der Waals surface area contributed by atoms with Gasteiger partial charge < -0.3 is 19.9 Å². The van der Waals surface area contributed by atoms with Crippen LogP contribution in [-0.2, 0) is 18.8 Å². The van der Waals surface area contributed by atoms with Crippen LogP contribution in [0.15, 0.2) is 48.9 Å². The Balaban J connectivity index is 1.55. The highest BCUT2D eigenvalue weighted by Gasteiger charge is 2.20. The van der Waals surface area contributed by atoms with Crippen LogP contribution in [0.3, 0.4) is 0 Å². The van der Waals surface area contributed by atoms with Gasteiger partial charge in [-0.2, -0.15) is 5.10 Å². The first-order valence-corrected chi connectivity index (χ1v) is 11.4. The van der Waals surface area contributed by atoms with Gasteiger partial charge in [0.2, 0.25) is 6.41 Å². The molecule has 5 rings (SSSR count). The molecule has 0 spiro atoms. The van der Waals surface area contributed by atoms with E-state index in [0.717, 1.165) is 27.7 Å². The highest BCUT2D eigenvalue weighted by molar-refractivity contribution is 5.88. The summed E-state index contributed by atoms with van der Waals surface area (Å²) in [5.41, 5.74) is 3.90. The third-order valence-electron chi connectivity index (χ3n) is 5.68. The van der Waals surface area contributed by atoms with E-state index in [2.05, 4.69) is 30.9 Å². The smallest absolute Gasteiger partial charge is 0.242 e. The molecular weight excluding hydrogens is 462 g/mol. The van der Waals surface area contributed by atoms with Crippen LogP contribution in [0.5, 0.6) is 5.75 Å². The summed E-state index contributed by atoms with van der Waals surface area (Å²) >= 11 is 0. The molecule has 0 aliphatic rings. The molecule has 12 nitrogen and oxygen atoms in total. The normalized spacial score (nSPS) is 12.4. The molecule has 0 amide bonds. The van der Waals surface area contributed by atoms with Gasteiger partial charge in [-0.25, -0.2) is 9.67 Å². The Morgan fingerprint density at radius 3 is 2.56 bits per heavy atom. The van der Waals surface area contributed by atoms with Crippen molar-refractivity contribution in [1.82, 2.24) is 39.5 Å². The van der Waals surface area contributed by atoms with Gasteiger partial charge in [0, 0.05) is 49.1 Å². The van der Waals surface area contributed by atoms with Gasteiger partial charge in [-0.15, -0.1) is 5.10 Å². The molecule has 0 aliphatic carbocycles. The van der Waals surface area contributed by atoms with E-state index in [-0.39, 0.29) is 6.10 Å². The third kappa shape index (κ3) is 4.39. The summed E-state index contributed by atoms with van der Waals surface area (Å²) in [5.74, 6) is 1.80. The number of rotatable bonds is 8. The minimum Gasteiger partial charge on any atom is -0.495 e. The molecule has 12 heteroatoms. The lowest BCUT2D eigenvalue weighted by Crippen LogP contribution is -2.17. The predicted molar refractivity (Wildman–Crippen MR) is 133 cm³/mol. The van der Waals surface area contributed by atoms with Crippen LogP contribution in [0.4, 0.5) is 11.5 Å². The van der Waals surface area contributed by atoms with Crippen molar-refractivity contribution in [2.24, 2.45) is 14.1 Å². The van der Waals surface area contributed by atoms with Crippen molar-refractivity contribution >= 4 is 22.4 Å². The number of ether oxygens (including phenoxy) is 2. The number of aromatic nitrogens is 8. The standard InChI is InChI=1S/C24H27N9O3/c1-14(2)36-24(34)33-19(17-12-26-31(3)13-17)8-16-11-25-22(10-20(16)33)27-18-7-6-15(9-21(18)35-5)23-28-29-30-32(23)4/h6-14,24,34H,1-5H3,(H,25,27). The lowest BCUT2D eigenvalue weighted by Gasteiger charge is -2.20. The quantitative estimate of drug-likeness (QED) is 0.315.